The fourth-order valence-corrected chi connectivity index (χ4v) is 2.96. The van der Waals surface area contributed by atoms with Crippen LogP contribution in [0.5, 0.6) is 0 Å². The number of nitrogens with zero attached hydrogens (tertiary/aromatic N) is 3. The van der Waals surface area contributed by atoms with Crippen molar-refractivity contribution in [3.8, 4) is 11.3 Å². The van der Waals surface area contributed by atoms with Crippen LogP contribution < -0.4 is 11.1 Å². The van der Waals surface area contributed by atoms with Gasteiger partial charge in [0.1, 0.15) is 5.82 Å². The molecule has 24 heavy (non-hydrogen) atoms. The average Bonchev–Trinajstić information content (AvgIpc) is 3.15. The number of amides is 2. The van der Waals surface area contributed by atoms with E-state index in [9.17, 15) is 18.0 Å². The van der Waals surface area contributed by atoms with Gasteiger partial charge >= 0.3 is 12.2 Å². The van der Waals surface area contributed by atoms with E-state index in [1.807, 2.05) is 0 Å². The van der Waals surface area contributed by atoms with Gasteiger partial charge in [-0.2, -0.15) is 18.3 Å². The molecule has 3 N–H and O–H groups in total. The van der Waals surface area contributed by atoms with Crippen LogP contribution in [0.15, 0.2) is 24.4 Å². The molecule has 0 bridgehead atoms. The molecule has 2 amide bonds. The number of hydrogen-bond donors (Lipinski definition) is 2. The summed E-state index contributed by atoms with van der Waals surface area (Å²) < 4.78 is 40.7. The maximum absolute atomic E-state index is 13.1. The van der Waals surface area contributed by atoms with Gasteiger partial charge in [-0.25, -0.2) is 9.78 Å². The maximum Gasteiger partial charge on any atom is 0.435 e. The quantitative estimate of drug-likeness (QED) is 0.896. The molecular weight excluding hydrogens is 323 g/mol. The van der Waals surface area contributed by atoms with Crippen molar-refractivity contribution in [1.29, 1.82) is 0 Å². The number of urea groups is 1. The second kappa shape index (κ2) is 6.14. The number of halogens is 3. The predicted molar refractivity (Wildman–Crippen MR) is 81.2 cm³/mol. The second-order valence-electron chi connectivity index (χ2n) is 5.71. The van der Waals surface area contributed by atoms with Crippen LogP contribution in [0.2, 0.25) is 0 Å². The normalized spacial score (nSPS) is 15.6. The van der Waals surface area contributed by atoms with Gasteiger partial charge in [0.2, 0.25) is 0 Å². The topological polar surface area (TPSA) is 85.8 Å². The third-order valence-electron chi connectivity index (χ3n) is 4.00. The van der Waals surface area contributed by atoms with E-state index in [0.29, 0.717) is 11.3 Å². The molecule has 0 unspecified atom stereocenters. The zero-order valence-electron chi connectivity index (χ0n) is 12.7. The number of alkyl halides is 3. The molecule has 9 heteroatoms. The molecule has 0 atom stereocenters. The number of carbonyl (C=O) groups excluding carboxylic acids is 1. The van der Waals surface area contributed by atoms with Crippen LogP contribution in [-0.2, 0) is 6.18 Å². The molecule has 6 nitrogen and oxygen atoms in total. The van der Waals surface area contributed by atoms with E-state index in [4.69, 9.17) is 5.73 Å². The molecule has 2 aromatic heterocycles. The van der Waals surface area contributed by atoms with Gasteiger partial charge in [-0.15, -0.1) is 0 Å². The molecule has 3 rings (SSSR count). The molecule has 2 aromatic rings. The number of rotatable bonds is 3. The highest BCUT2D eigenvalue weighted by Gasteiger charge is 2.36. The van der Waals surface area contributed by atoms with Gasteiger partial charge in [0.15, 0.2) is 5.69 Å². The van der Waals surface area contributed by atoms with Crippen molar-refractivity contribution < 1.29 is 18.0 Å². The molecule has 0 aromatic carbocycles. The van der Waals surface area contributed by atoms with Gasteiger partial charge in [0, 0.05) is 11.8 Å². The minimum Gasteiger partial charge on any atom is -0.351 e. The first-order chi connectivity index (χ1) is 11.3. The Balaban J connectivity index is 2.05. The van der Waals surface area contributed by atoms with Crippen molar-refractivity contribution in [3.63, 3.8) is 0 Å². The van der Waals surface area contributed by atoms with E-state index < -0.39 is 17.9 Å². The van der Waals surface area contributed by atoms with Crippen molar-refractivity contribution >= 4 is 11.8 Å². The highest BCUT2D eigenvalue weighted by molar-refractivity contribution is 5.87. The van der Waals surface area contributed by atoms with Crippen LogP contribution in [-0.4, -0.2) is 20.8 Å². The highest BCUT2D eigenvalue weighted by Crippen LogP contribution is 2.37. The van der Waals surface area contributed by atoms with E-state index in [0.717, 1.165) is 31.7 Å². The summed E-state index contributed by atoms with van der Waals surface area (Å²) in [6.07, 6.45) is 0.416. The van der Waals surface area contributed by atoms with Crippen molar-refractivity contribution in [2.75, 3.05) is 5.32 Å². The fourth-order valence-electron chi connectivity index (χ4n) is 2.96. The number of nitrogens with one attached hydrogen (secondary N) is 1. The minimum absolute atomic E-state index is 0.0585. The van der Waals surface area contributed by atoms with Gasteiger partial charge in [-0.3, -0.25) is 10.00 Å². The Morgan fingerprint density at radius 2 is 2.00 bits per heavy atom. The lowest BCUT2D eigenvalue weighted by atomic mass is 10.1. The van der Waals surface area contributed by atoms with Gasteiger partial charge in [0.05, 0.1) is 11.7 Å². The molecule has 128 valence electrons. The molecule has 0 spiro atoms. The minimum atomic E-state index is -4.51. The zero-order valence-corrected chi connectivity index (χ0v) is 12.7. The van der Waals surface area contributed by atoms with E-state index in [1.54, 1.807) is 6.07 Å². The summed E-state index contributed by atoms with van der Waals surface area (Å²) in [6, 6.07) is 3.24. The lowest BCUT2D eigenvalue weighted by Gasteiger charge is -2.14. The number of anilines is 1. The molecule has 1 aliphatic rings. The van der Waals surface area contributed by atoms with Crippen molar-refractivity contribution in [2.24, 2.45) is 5.73 Å². The summed E-state index contributed by atoms with van der Waals surface area (Å²) in [4.78, 5) is 14.9. The largest absolute Gasteiger partial charge is 0.435 e. The van der Waals surface area contributed by atoms with Crippen molar-refractivity contribution in [3.05, 3.63) is 30.1 Å². The van der Waals surface area contributed by atoms with Gasteiger partial charge < -0.3 is 5.73 Å². The molecule has 1 saturated carbocycles. The molecular formula is C15H16F3N5O. The van der Waals surface area contributed by atoms with Gasteiger partial charge in [0.25, 0.3) is 0 Å². The Morgan fingerprint density at radius 1 is 1.29 bits per heavy atom. The Kier molecular flexibility index (Phi) is 4.16. The Labute approximate surface area is 135 Å². The van der Waals surface area contributed by atoms with Crippen LogP contribution in [0.3, 0.4) is 0 Å². The maximum atomic E-state index is 13.1. The summed E-state index contributed by atoms with van der Waals surface area (Å²) in [5.41, 5.74) is 4.96. The standard InChI is InChI=1S/C15H16F3N5O/c16-15(17,18)12-8-11(23(22-12)10-3-1-2-4-10)9-5-6-20-13(7-9)21-14(19)24/h5-8,10H,1-4H2,(H3,19,20,21,24). The third-order valence-corrected chi connectivity index (χ3v) is 4.00. The summed E-state index contributed by atoms with van der Waals surface area (Å²) in [5, 5.41) is 6.11. The Morgan fingerprint density at radius 3 is 2.62 bits per heavy atom. The summed E-state index contributed by atoms with van der Waals surface area (Å²) in [5.74, 6) is 0.174. The molecule has 0 aliphatic heterocycles. The number of carbonyl (C=O) groups is 1. The van der Waals surface area contributed by atoms with E-state index in [-0.39, 0.29) is 11.9 Å². The van der Waals surface area contributed by atoms with Crippen LogP contribution in [0.4, 0.5) is 23.8 Å². The monoisotopic (exact) mass is 339 g/mol. The fraction of sp³-hybridized carbons (Fsp3) is 0.400. The first kappa shape index (κ1) is 16.3. The summed E-state index contributed by atoms with van der Waals surface area (Å²) in [7, 11) is 0. The average molecular weight is 339 g/mol. The molecule has 1 fully saturated rings. The first-order valence-electron chi connectivity index (χ1n) is 7.54. The Bertz CT molecular complexity index is 750. The molecule has 2 heterocycles. The van der Waals surface area contributed by atoms with Crippen LogP contribution in [0.25, 0.3) is 11.3 Å². The zero-order chi connectivity index (χ0) is 17.3. The van der Waals surface area contributed by atoms with Gasteiger partial charge in [-0.1, -0.05) is 12.8 Å². The SMILES string of the molecule is NC(=O)Nc1cc(-c2cc(C(F)(F)F)nn2C2CCCC2)ccn1. The lowest BCUT2D eigenvalue weighted by molar-refractivity contribution is -0.141. The van der Waals surface area contributed by atoms with Crippen LogP contribution >= 0.6 is 0 Å². The third kappa shape index (κ3) is 3.34. The molecule has 1 aliphatic carbocycles. The van der Waals surface area contributed by atoms with Crippen LogP contribution in [0.1, 0.15) is 37.4 Å². The van der Waals surface area contributed by atoms with Gasteiger partial charge in [-0.05, 0) is 31.0 Å². The summed E-state index contributed by atoms with van der Waals surface area (Å²) >= 11 is 0. The lowest BCUT2D eigenvalue weighted by Crippen LogP contribution is -2.20. The number of primary amides is 1. The van der Waals surface area contributed by atoms with Crippen LogP contribution in [0, 0.1) is 0 Å². The first-order valence-corrected chi connectivity index (χ1v) is 7.54. The van der Waals surface area contributed by atoms with E-state index >= 15 is 0 Å². The molecule has 0 radical (unpaired) electrons. The number of pyridine rings is 1. The second-order valence-corrected chi connectivity index (χ2v) is 5.71. The number of nitrogens with two attached hydrogens (primary N) is 1. The number of aromatic nitrogens is 3. The smallest absolute Gasteiger partial charge is 0.351 e. The van der Waals surface area contributed by atoms with E-state index in [2.05, 4.69) is 15.4 Å². The number of hydrogen-bond acceptors (Lipinski definition) is 3. The van der Waals surface area contributed by atoms with Crippen molar-refractivity contribution in [1.82, 2.24) is 14.8 Å². The summed E-state index contributed by atoms with van der Waals surface area (Å²) in [6.45, 7) is 0. The van der Waals surface area contributed by atoms with Crippen molar-refractivity contribution in [2.45, 2.75) is 37.9 Å². The highest BCUT2D eigenvalue weighted by atomic mass is 19.4. The Hall–Kier alpha value is -2.58. The predicted octanol–water partition coefficient (Wildman–Crippen LogP) is 3.57. The van der Waals surface area contributed by atoms with E-state index in [1.165, 1.54) is 16.9 Å². The molecule has 0 saturated heterocycles.